The lowest BCUT2D eigenvalue weighted by Crippen LogP contribution is -2.41. The van der Waals surface area contributed by atoms with Gasteiger partial charge in [0.2, 0.25) is 0 Å². The van der Waals surface area contributed by atoms with Crippen LogP contribution < -0.4 is 0 Å². The first kappa shape index (κ1) is 56.3. The summed E-state index contributed by atoms with van der Waals surface area (Å²) in [6, 6.07) is 0. The van der Waals surface area contributed by atoms with E-state index in [2.05, 4.69) is 13.2 Å². The fraction of sp³-hybridized carbons (Fsp3) is 0.889. The highest BCUT2D eigenvalue weighted by atomic mass is 16.6. The Morgan fingerprint density at radius 1 is 0.451 bits per heavy atom. The van der Waals surface area contributed by atoms with Gasteiger partial charge < -0.3 is 71.8 Å². The smallest absolute Gasteiger partial charge is 0.104 e. The maximum atomic E-state index is 7.00. The monoisotopic (exact) mass is 749 g/mol. The topological polar surface area (TPSA) is 160 Å². The Morgan fingerprint density at radius 3 is 1.02 bits per heavy atom. The molecule has 0 aromatic rings. The minimum Gasteiger partial charge on any atom is -0.501 e. The van der Waals surface area contributed by atoms with Crippen molar-refractivity contribution in [2.45, 2.75) is 52.9 Å². The number of hydrogen-bond donors (Lipinski definition) is 2. The molecule has 15 nitrogen and oxygen atoms in total. The molecule has 0 aliphatic carbocycles. The molecular formula is C36H76O15. The summed E-state index contributed by atoms with van der Waals surface area (Å²) in [6.45, 7) is 26.8. The van der Waals surface area contributed by atoms with Crippen molar-refractivity contribution in [2.24, 2.45) is 5.41 Å². The number of methoxy groups -OCH3 is 2. The van der Waals surface area contributed by atoms with Gasteiger partial charge >= 0.3 is 0 Å². The molecule has 0 spiro atoms. The second-order valence-corrected chi connectivity index (χ2v) is 10.2. The SMILES string of the molecule is C=COCC(COC=C)(COCCOC)COCCOC.CCOCC(COCC(COCC(COCC)OCC)OCC)OCC.CO.CO. The van der Waals surface area contributed by atoms with Crippen molar-refractivity contribution in [1.82, 2.24) is 0 Å². The quantitative estimate of drug-likeness (QED) is 0.0710. The van der Waals surface area contributed by atoms with E-state index in [9.17, 15) is 0 Å². The molecular weight excluding hydrogens is 672 g/mol. The lowest BCUT2D eigenvalue weighted by atomic mass is 9.92. The summed E-state index contributed by atoms with van der Waals surface area (Å²) in [5, 5.41) is 14.0. The van der Waals surface area contributed by atoms with Gasteiger partial charge in [-0.3, -0.25) is 0 Å². The molecule has 0 amide bonds. The van der Waals surface area contributed by atoms with E-state index >= 15 is 0 Å². The fourth-order valence-electron chi connectivity index (χ4n) is 3.88. The van der Waals surface area contributed by atoms with Crippen LogP contribution in [0.5, 0.6) is 0 Å². The average Bonchev–Trinajstić information content (AvgIpc) is 3.16. The maximum Gasteiger partial charge on any atom is 0.104 e. The highest BCUT2D eigenvalue weighted by Crippen LogP contribution is 2.21. The predicted octanol–water partition coefficient (Wildman–Crippen LogP) is 3.14. The van der Waals surface area contributed by atoms with Crippen LogP contribution in [0.3, 0.4) is 0 Å². The first-order valence-corrected chi connectivity index (χ1v) is 17.6. The minimum absolute atomic E-state index is 0.0586. The lowest BCUT2D eigenvalue weighted by Gasteiger charge is -2.31. The molecule has 0 aromatic carbocycles. The first-order chi connectivity index (χ1) is 25.0. The molecule has 2 N–H and O–H groups in total. The molecule has 0 aromatic heterocycles. The largest absolute Gasteiger partial charge is 0.501 e. The van der Waals surface area contributed by atoms with E-state index < -0.39 is 5.41 Å². The van der Waals surface area contributed by atoms with Crippen LogP contribution in [-0.2, 0) is 61.6 Å². The summed E-state index contributed by atoms with van der Waals surface area (Å²) in [7, 11) is 5.26. The van der Waals surface area contributed by atoms with E-state index in [1.54, 1.807) is 14.2 Å². The van der Waals surface area contributed by atoms with Crippen molar-refractivity contribution in [3.63, 3.8) is 0 Å². The summed E-state index contributed by atoms with van der Waals surface area (Å²) in [4.78, 5) is 0. The van der Waals surface area contributed by atoms with Crippen molar-refractivity contribution < 1.29 is 71.8 Å². The number of aliphatic hydroxyl groups excluding tert-OH is 2. The summed E-state index contributed by atoms with van der Waals surface area (Å²) in [6.07, 6.45) is 2.55. The maximum absolute atomic E-state index is 7.00. The van der Waals surface area contributed by atoms with Gasteiger partial charge in [-0.15, -0.1) is 0 Å². The average molecular weight is 749 g/mol. The molecule has 0 aliphatic rings. The van der Waals surface area contributed by atoms with E-state index in [1.807, 2.05) is 34.6 Å². The van der Waals surface area contributed by atoms with Crippen LogP contribution in [0.2, 0.25) is 0 Å². The third-order valence-corrected chi connectivity index (χ3v) is 6.13. The van der Waals surface area contributed by atoms with Crippen molar-refractivity contribution in [3.8, 4) is 0 Å². The molecule has 0 saturated heterocycles. The highest BCUT2D eigenvalue weighted by Gasteiger charge is 2.33. The van der Waals surface area contributed by atoms with Crippen molar-refractivity contribution in [2.75, 3.05) is 154 Å². The van der Waals surface area contributed by atoms with Crippen LogP contribution in [0.15, 0.2) is 25.7 Å². The number of ether oxygens (including phenoxy) is 13. The lowest BCUT2D eigenvalue weighted by molar-refractivity contribution is -0.105. The highest BCUT2D eigenvalue weighted by molar-refractivity contribution is 4.81. The van der Waals surface area contributed by atoms with Crippen LogP contribution in [-0.4, -0.2) is 182 Å². The van der Waals surface area contributed by atoms with Crippen LogP contribution in [0.1, 0.15) is 34.6 Å². The van der Waals surface area contributed by atoms with Crippen LogP contribution in [0.25, 0.3) is 0 Å². The molecule has 0 fully saturated rings. The van der Waals surface area contributed by atoms with Crippen molar-refractivity contribution in [3.05, 3.63) is 25.7 Å². The van der Waals surface area contributed by atoms with Crippen LogP contribution in [0, 0.1) is 5.41 Å². The number of hydrogen-bond acceptors (Lipinski definition) is 15. The Labute approximate surface area is 309 Å². The van der Waals surface area contributed by atoms with E-state index in [4.69, 9.17) is 71.8 Å². The van der Waals surface area contributed by atoms with Gasteiger partial charge in [-0.2, -0.15) is 0 Å². The second kappa shape index (κ2) is 48.6. The standard InChI is InChI=1S/C19H40O7.C15H28O6.2CH4O/c1-6-20-11-17(24-8-3)13-22-15-19(26-10-5)16-23-14-18(25-9-4)12-21-7-2;1-5-18-11-15(12-19-6-2,13-20-9-7-16-3)14-21-10-8-17-4;2*1-2/h17-19H,6-16H2,1-5H3;5-6H,1-2,7-14H2,3-4H3;2*2H,1H3. The molecule has 310 valence electrons. The molecule has 0 heterocycles. The Morgan fingerprint density at radius 2 is 0.765 bits per heavy atom. The number of aliphatic hydroxyl groups is 2. The summed E-state index contributed by atoms with van der Waals surface area (Å²) in [5.41, 5.74) is -0.441. The van der Waals surface area contributed by atoms with E-state index in [-0.39, 0.29) is 18.3 Å². The number of rotatable bonds is 36. The van der Waals surface area contributed by atoms with Crippen LogP contribution in [0.4, 0.5) is 0 Å². The van der Waals surface area contributed by atoms with E-state index in [0.717, 1.165) is 14.2 Å². The van der Waals surface area contributed by atoms with Gasteiger partial charge in [-0.1, -0.05) is 13.2 Å². The van der Waals surface area contributed by atoms with Gasteiger partial charge in [-0.25, -0.2) is 0 Å². The second-order valence-electron chi connectivity index (χ2n) is 10.2. The van der Waals surface area contributed by atoms with Crippen molar-refractivity contribution in [1.29, 1.82) is 0 Å². The molecule has 0 saturated carbocycles. The van der Waals surface area contributed by atoms with Gasteiger partial charge in [0.1, 0.15) is 31.5 Å². The molecule has 0 radical (unpaired) electrons. The van der Waals surface area contributed by atoms with E-state index in [0.29, 0.717) is 126 Å². The predicted molar refractivity (Wildman–Crippen MR) is 197 cm³/mol. The van der Waals surface area contributed by atoms with Crippen LogP contribution >= 0.6 is 0 Å². The molecule has 0 bridgehead atoms. The molecule has 2 atom stereocenters. The fourth-order valence-corrected chi connectivity index (χ4v) is 3.88. The Bertz CT molecular complexity index is 596. The summed E-state index contributed by atoms with van der Waals surface area (Å²) in [5.74, 6) is 0. The normalized spacial score (nSPS) is 12.5. The summed E-state index contributed by atoms with van der Waals surface area (Å²) >= 11 is 0. The third kappa shape index (κ3) is 39.6. The Kier molecular flexibility index (Phi) is 53.6. The van der Waals surface area contributed by atoms with Gasteiger partial charge in [-0.05, 0) is 34.6 Å². The zero-order chi connectivity index (χ0) is 39.3. The van der Waals surface area contributed by atoms with Crippen molar-refractivity contribution >= 4 is 0 Å². The first-order valence-electron chi connectivity index (χ1n) is 17.6. The summed E-state index contributed by atoms with van der Waals surface area (Å²) < 4.78 is 71.1. The minimum atomic E-state index is -0.441. The molecule has 0 aliphatic heterocycles. The van der Waals surface area contributed by atoms with Gasteiger partial charge in [0.05, 0.1) is 97.2 Å². The van der Waals surface area contributed by atoms with E-state index in [1.165, 1.54) is 12.5 Å². The Hall–Kier alpha value is -1.44. The third-order valence-electron chi connectivity index (χ3n) is 6.13. The van der Waals surface area contributed by atoms with Gasteiger partial charge in [0, 0.05) is 61.5 Å². The molecule has 0 rings (SSSR count). The van der Waals surface area contributed by atoms with Gasteiger partial charge in [0.15, 0.2) is 0 Å². The molecule has 2 unspecified atom stereocenters. The molecule has 15 heteroatoms. The molecule has 51 heavy (non-hydrogen) atoms. The zero-order valence-corrected chi connectivity index (χ0v) is 33.4. The van der Waals surface area contributed by atoms with Gasteiger partial charge in [0.25, 0.3) is 0 Å². The zero-order valence-electron chi connectivity index (χ0n) is 33.4. The Balaban J connectivity index is -0.000000401.